The quantitative estimate of drug-likeness (QED) is 0.551. The lowest BCUT2D eigenvalue weighted by Gasteiger charge is -1.70. The Balaban J connectivity index is 0. The van der Waals surface area contributed by atoms with Crippen molar-refractivity contribution >= 4 is 0 Å². The Morgan fingerprint density at radius 1 is 1.33 bits per heavy atom. The first-order chi connectivity index (χ1) is 3.89. The van der Waals surface area contributed by atoms with E-state index in [2.05, 4.69) is 4.98 Å². The van der Waals surface area contributed by atoms with Crippen LogP contribution in [0.15, 0.2) is 18.3 Å². The SMILES string of the molecule is C.CC.Cc1ccc[nH]1. The molecule has 1 nitrogen and oxygen atoms in total. The number of aryl methyl sites for hydroxylation is 1. The molecule has 0 unspecified atom stereocenters. The lowest BCUT2D eigenvalue weighted by molar-refractivity contribution is 1.27. The summed E-state index contributed by atoms with van der Waals surface area (Å²) >= 11 is 0. The monoisotopic (exact) mass is 127 g/mol. The molecule has 0 spiro atoms. The molecule has 0 saturated carbocycles. The third kappa shape index (κ3) is 5.15. The Kier molecular flexibility index (Phi) is 9.00. The number of rotatable bonds is 0. The third-order valence-electron chi connectivity index (χ3n) is 0.753. The summed E-state index contributed by atoms with van der Waals surface area (Å²) < 4.78 is 0. The third-order valence-corrected chi connectivity index (χ3v) is 0.753. The van der Waals surface area contributed by atoms with Crippen LogP contribution in [-0.2, 0) is 0 Å². The first kappa shape index (κ1) is 11.1. The number of H-pyrrole nitrogens is 1. The number of nitrogens with one attached hydrogen (secondary N) is 1. The van der Waals surface area contributed by atoms with Gasteiger partial charge in [-0.25, -0.2) is 0 Å². The molecule has 1 rings (SSSR count). The van der Waals surface area contributed by atoms with E-state index in [1.54, 1.807) is 0 Å². The van der Waals surface area contributed by atoms with E-state index in [0.29, 0.717) is 0 Å². The Labute approximate surface area is 58.1 Å². The molecule has 1 aromatic rings. The molecule has 0 amide bonds. The second-order valence-corrected chi connectivity index (χ2v) is 1.35. The van der Waals surface area contributed by atoms with Crippen LogP contribution in [0.25, 0.3) is 0 Å². The number of hydrogen-bond donors (Lipinski definition) is 1. The van der Waals surface area contributed by atoms with Gasteiger partial charge in [0.25, 0.3) is 0 Å². The number of aromatic amines is 1. The maximum atomic E-state index is 3.00. The van der Waals surface area contributed by atoms with Crippen LogP contribution in [0.3, 0.4) is 0 Å². The van der Waals surface area contributed by atoms with Crippen LogP contribution < -0.4 is 0 Å². The van der Waals surface area contributed by atoms with Gasteiger partial charge in [0.1, 0.15) is 0 Å². The molecule has 54 valence electrons. The van der Waals surface area contributed by atoms with Gasteiger partial charge < -0.3 is 4.98 Å². The van der Waals surface area contributed by atoms with Crippen molar-refractivity contribution < 1.29 is 0 Å². The molecule has 1 heteroatoms. The summed E-state index contributed by atoms with van der Waals surface area (Å²) in [5.41, 5.74) is 1.22. The fourth-order valence-electron chi connectivity index (χ4n) is 0.420. The molecule has 0 aliphatic carbocycles. The second-order valence-electron chi connectivity index (χ2n) is 1.35. The van der Waals surface area contributed by atoms with Gasteiger partial charge >= 0.3 is 0 Å². The van der Waals surface area contributed by atoms with Gasteiger partial charge in [-0.2, -0.15) is 0 Å². The highest BCUT2D eigenvalue weighted by Crippen LogP contribution is 1.86. The van der Waals surface area contributed by atoms with Gasteiger partial charge in [-0.05, 0) is 19.1 Å². The summed E-state index contributed by atoms with van der Waals surface area (Å²) in [5, 5.41) is 0. The Bertz CT molecular complexity index is 108. The standard InChI is InChI=1S/C5H7N.C2H6.CH4/c1-5-3-2-4-6-5;1-2;/h2-4,6H,1H3;1-2H3;1H4. The number of aromatic nitrogens is 1. The molecule has 0 fully saturated rings. The Hall–Kier alpha value is -0.720. The van der Waals surface area contributed by atoms with E-state index in [1.165, 1.54) is 5.69 Å². The van der Waals surface area contributed by atoms with Crippen molar-refractivity contribution in [3.05, 3.63) is 24.0 Å². The molecule has 1 aromatic heterocycles. The molecular formula is C8H17N. The van der Waals surface area contributed by atoms with Crippen molar-refractivity contribution in [1.82, 2.24) is 4.98 Å². The van der Waals surface area contributed by atoms with Crippen molar-refractivity contribution in [2.24, 2.45) is 0 Å². The van der Waals surface area contributed by atoms with E-state index < -0.39 is 0 Å². The highest BCUT2D eigenvalue weighted by Gasteiger charge is 1.72. The highest BCUT2D eigenvalue weighted by atomic mass is 14.7. The van der Waals surface area contributed by atoms with Gasteiger partial charge in [0.15, 0.2) is 0 Å². The van der Waals surface area contributed by atoms with Crippen molar-refractivity contribution in [3.63, 3.8) is 0 Å². The van der Waals surface area contributed by atoms with Crippen molar-refractivity contribution in [2.45, 2.75) is 28.2 Å². The molecule has 0 aliphatic rings. The molecule has 0 radical (unpaired) electrons. The molecular weight excluding hydrogens is 110 g/mol. The van der Waals surface area contributed by atoms with Crippen LogP contribution in [0, 0.1) is 6.92 Å². The molecule has 9 heavy (non-hydrogen) atoms. The predicted octanol–water partition coefficient (Wildman–Crippen LogP) is 2.99. The molecule has 1 N–H and O–H groups in total. The molecule has 0 aromatic carbocycles. The van der Waals surface area contributed by atoms with E-state index in [4.69, 9.17) is 0 Å². The van der Waals surface area contributed by atoms with Gasteiger partial charge in [0.2, 0.25) is 0 Å². The van der Waals surface area contributed by atoms with Crippen molar-refractivity contribution in [2.75, 3.05) is 0 Å². The second kappa shape index (κ2) is 7.28. The van der Waals surface area contributed by atoms with E-state index in [1.807, 2.05) is 39.1 Å². The predicted molar refractivity (Wildman–Crippen MR) is 43.6 cm³/mol. The highest BCUT2D eigenvalue weighted by molar-refractivity contribution is 4.99. The Morgan fingerprint density at radius 3 is 2.00 bits per heavy atom. The zero-order chi connectivity index (χ0) is 6.41. The summed E-state index contributed by atoms with van der Waals surface area (Å²) in [4.78, 5) is 3.00. The minimum absolute atomic E-state index is 0. The minimum atomic E-state index is 0. The topological polar surface area (TPSA) is 15.8 Å². The van der Waals surface area contributed by atoms with Gasteiger partial charge in [-0.1, -0.05) is 21.3 Å². The summed E-state index contributed by atoms with van der Waals surface area (Å²) in [6.45, 7) is 6.03. The average Bonchev–Trinajstić information content (AvgIpc) is 2.24. The molecule has 0 aliphatic heterocycles. The van der Waals surface area contributed by atoms with Crippen molar-refractivity contribution in [1.29, 1.82) is 0 Å². The Morgan fingerprint density at radius 2 is 1.89 bits per heavy atom. The zero-order valence-corrected chi connectivity index (χ0v) is 5.73. The van der Waals surface area contributed by atoms with Crippen LogP contribution in [0.4, 0.5) is 0 Å². The summed E-state index contributed by atoms with van der Waals surface area (Å²) in [6, 6.07) is 4.01. The zero-order valence-electron chi connectivity index (χ0n) is 5.73. The summed E-state index contributed by atoms with van der Waals surface area (Å²) in [5.74, 6) is 0. The average molecular weight is 127 g/mol. The minimum Gasteiger partial charge on any atom is -0.365 e. The van der Waals surface area contributed by atoms with Crippen LogP contribution in [-0.4, -0.2) is 4.98 Å². The van der Waals surface area contributed by atoms with Gasteiger partial charge in [-0.15, -0.1) is 0 Å². The van der Waals surface area contributed by atoms with Crippen LogP contribution in [0.1, 0.15) is 27.0 Å². The lowest BCUT2D eigenvalue weighted by atomic mass is 10.5. The molecule has 1 heterocycles. The van der Waals surface area contributed by atoms with E-state index in [0.717, 1.165) is 0 Å². The molecule has 0 bridgehead atoms. The fraction of sp³-hybridized carbons (Fsp3) is 0.500. The van der Waals surface area contributed by atoms with Crippen LogP contribution >= 0.6 is 0 Å². The maximum absolute atomic E-state index is 3.00. The van der Waals surface area contributed by atoms with Gasteiger partial charge in [0.05, 0.1) is 0 Å². The first-order valence-corrected chi connectivity index (χ1v) is 2.99. The molecule has 0 saturated heterocycles. The summed E-state index contributed by atoms with van der Waals surface area (Å²) in [6.07, 6.45) is 1.91. The van der Waals surface area contributed by atoms with Crippen LogP contribution in [0.2, 0.25) is 0 Å². The van der Waals surface area contributed by atoms with E-state index in [9.17, 15) is 0 Å². The van der Waals surface area contributed by atoms with E-state index >= 15 is 0 Å². The van der Waals surface area contributed by atoms with E-state index in [-0.39, 0.29) is 7.43 Å². The first-order valence-electron chi connectivity index (χ1n) is 2.99. The van der Waals surface area contributed by atoms with Crippen LogP contribution in [0.5, 0.6) is 0 Å². The van der Waals surface area contributed by atoms with Crippen molar-refractivity contribution in [3.8, 4) is 0 Å². The lowest BCUT2D eigenvalue weighted by Crippen LogP contribution is -1.59. The normalized spacial score (nSPS) is 6.56. The largest absolute Gasteiger partial charge is 0.365 e. The summed E-state index contributed by atoms with van der Waals surface area (Å²) in [7, 11) is 0. The smallest absolute Gasteiger partial charge is 0.0115 e. The van der Waals surface area contributed by atoms with Gasteiger partial charge in [0, 0.05) is 11.9 Å². The maximum Gasteiger partial charge on any atom is 0.0115 e. The molecule has 0 atom stereocenters. The fourth-order valence-corrected chi connectivity index (χ4v) is 0.420. The number of hydrogen-bond acceptors (Lipinski definition) is 0. The van der Waals surface area contributed by atoms with Gasteiger partial charge in [-0.3, -0.25) is 0 Å².